The first-order valence-electron chi connectivity index (χ1n) is 9.61. The van der Waals surface area contributed by atoms with Gasteiger partial charge in [0, 0.05) is 23.7 Å². The molecule has 4 nitrogen and oxygen atoms in total. The molecule has 1 heterocycles. The van der Waals surface area contributed by atoms with Crippen molar-refractivity contribution < 1.29 is 4.79 Å². The predicted molar refractivity (Wildman–Crippen MR) is 99.6 cm³/mol. The highest BCUT2D eigenvalue weighted by Crippen LogP contribution is 2.33. The highest BCUT2D eigenvalue weighted by Gasteiger charge is 2.32. The average Bonchev–Trinajstić information content (AvgIpc) is 3.45. The maximum absolute atomic E-state index is 13.0. The Hall–Kier alpha value is -2.10. The van der Waals surface area contributed by atoms with E-state index >= 15 is 0 Å². The monoisotopic (exact) mass is 338 g/mol. The standard InChI is InChI=1S/C21H26N2O2/c24-20(23(14-15-10-11-15)18-7-2-1-3-8-18)13-17-12-16-6-4-5-9-19(16)22-21(17)25/h4-6,9,12,15,18H,1-3,7-8,10-11,13-14H2,(H,22,25). The van der Waals surface area contributed by atoms with Crippen LogP contribution < -0.4 is 5.56 Å². The van der Waals surface area contributed by atoms with E-state index in [1.54, 1.807) is 0 Å². The molecule has 0 aliphatic heterocycles. The summed E-state index contributed by atoms with van der Waals surface area (Å²) in [6, 6.07) is 9.98. The lowest BCUT2D eigenvalue weighted by Gasteiger charge is -2.34. The van der Waals surface area contributed by atoms with E-state index in [9.17, 15) is 9.59 Å². The number of aromatic nitrogens is 1. The highest BCUT2D eigenvalue weighted by atomic mass is 16.2. The molecule has 0 unspecified atom stereocenters. The summed E-state index contributed by atoms with van der Waals surface area (Å²) in [6.45, 7) is 0.884. The summed E-state index contributed by atoms with van der Waals surface area (Å²) in [5, 5.41) is 0.983. The number of benzene rings is 1. The summed E-state index contributed by atoms with van der Waals surface area (Å²) in [5.41, 5.74) is 1.27. The molecule has 0 radical (unpaired) electrons. The number of carbonyl (C=O) groups is 1. The van der Waals surface area contributed by atoms with Crippen molar-refractivity contribution in [1.29, 1.82) is 0 Å². The Balaban J connectivity index is 1.55. The average molecular weight is 338 g/mol. The Morgan fingerprint density at radius 3 is 2.60 bits per heavy atom. The van der Waals surface area contributed by atoms with Gasteiger partial charge >= 0.3 is 0 Å². The predicted octanol–water partition coefficient (Wildman–Crippen LogP) is 3.64. The summed E-state index contributed by atoms with van der Waals surface area (Å²) in [7, 11) is 0. The summed E-state index contributed by atoms with van der Waals surface area (Å²) < 4.78 is 0. The number of para-hydroxylation sites is 1. The van der Waals surface area contributed by atoms with Gasteiger partial charge in [-0.15, -0.1) is 0 Å². The Labute approximate surface area is 148 Å². The van der Waals surface area contributed by atoms with Crippen molar-refractivity contribution >= 4 is 16.8 Å². The highest BCUT2D eigenvalue weighted by molar-refractivity contribution is 5.82. The third-order valence-corrected chi connectivity index (χ3v) is 5.66. The zero-order valence-corrected chi connectivity index (χ0v) is 14.7. The van der Waals surface area contributed by atoms with Crippen molar-refractivity contribution in [3.63, 3.8) is 0 Å². The fraction of sp³-hybridized carbons (Fsp3) is 0.524. The van der Waals surface area contributed by atoms with Crippen LogP contribution >= 0.6 is 0 Å². The molecule has 0 bridgehead atoms. The SMILES string of the molecule is O=C(Cc1cc2ccccc2[nH]c1=O)N(CC1CC1)C1CCCCC1. The number of H-pyrrole nitrogens is 1. The van der Waals surface area contributed by atoms with Crippen molar-refractivity contribution in [3.8, 4) is 0 Å². The molecule has 0 saturated heterocycles. The van der Waals surface area contributed by atoms with Crippen LogP contribution in [0.1, 0.15) is 50.5 Å². The number of hydrogen-bond acceptors (Lipinski definition) is 2. The third kappa shape index (κ3) is 3.78. The van der Waals surface area contributed by atoms with Crippen LogP contribution in [0.4, 0.5) is 0 Å². The molecule has 1 amide bonds. The van der Waals surface area contributed by atoms with Gasteiger partial charge in [0.2, 0.25) is 5.91 Å². The van der Waals surface area contributed by atoms with Gasteiger partial charge in [-0.1, -0.05) is 37.5 Å². The van der Waals surface area contributed by atoms with Gasteiger partial charge in [-0.2, -0.15) is 0 Å². The molecule has 2 saturated carbocycles. The van der Waals surface area contributed by atoms with Crippen molar-refractivity contribution in [2.75, 3.05) is 6.54 Å². The Morgan fingerprint density at radius 1 is 1.08 bits per heavy atom. The van der Waals surface area contributed by atoms with E-state index in [4.69, 9.17) is 0 Å². The van der Waals surface area contributed by atoms with Crippen LogP contribution in [0.3, 0.4) is 0 Å². The van der Waals surface area contributed by atoms with Gasteiger partial charge in [-0.3, -0.25) is 9.59 Å². The zero-order chi connectivity index (χ0) is 17.2. The van der Waals surface area contributed by atoms with E-state index < -0.39 is 0 Å². The number of pyridine rings is 1. The lowest BCUT2D eigenvalue weighted by atomic mass is 9.93. The van der Waals surface area contributed by atoms with Gasteiger partial charge in [-0.05, 0) is 49.1 Å². The molecule has 2 fully saturated rings. The van der Waals surface area contributed by atoms with E-state index in [1.807, 2.05) is 30.3 Å². The van der Waals surface area contributed by atoms with Crippen LogP contribution in [0.2, 0.25) is 0 Å². The molecule has 2 aliphatic carbocycles. The van der Waals surface area contributed by atoms with Gasteiger partial charge in [0.25, 0.3) is 5.56 Å². The second-order valence-corrected chi connectivity index (χ2v) is 7.67. The number of nitrogens with one attached hydrogen (secondary N) is 1. The number of carbonyl (C=O) groups excluding carboxylic acids is 1. The van der Waals surface area contributed by atoms with Crippen LogP contribution in [0.25, 0.3) is 10.9 Å². The molecular formula is C21H26N2O2. The number of hydrogen-bond donors (Lipinski definition) is 1. The minimum Gasteiger partial charge on any atom is -0.339 e. The maximum atomic E-state index is 13.0. The maximum Gasteiger partial charge on any atom is 0.252 e. The summed E-state index contributed by atoms with van der Waals surface area (Å²) in [6.07, 6.45) is 8.65. The molecule has 2 aliphatic rings. The minimum absolute atomic E-state index is 0.125. The van der Waals surface area contributed by atoms with Gasteiger partial charge in [0.15, 0.2) is 0 Å². The van der Waals surface area contributed by atoms with Crippen LogP contribution in [0.5, 0.6) is 0 Å². The molecule has 25 heavy (non-hydrogen) atoms. The molecule has 4 rings (SSSR count). The van der Waals surface area contributed by atoms with Crippen LogP contribution in [0, 0.1) is 5.92 Å². The minimum atomic E-state index is -0.137. The fourth-order valence-electron chi connectivity index (χ4n) is 4.01. The number of aromatic amines is 1. The molecule has 1 N–H and O–H groups in total. The number of nitrogens with zero attached hydrogens (tertiary/aromatic N) is 1. The van der Waals surface area contributed by atoms with E-state index in [0.29, 0.717) is 17.5 Å². The smallest absolute Gasteiger partial charge is 0.252 e. The quantitative estimate of drug-likeness (QED) is 0.905. The molecule has 2 aromatic rings. The van der Waals surface area contributed by atoms with Crippen molar-refractivity contribution in [2.45, 2.75) is 57.4 Å². The van der Waals surface area contributed by atoms with Crippen LogP contribution in [-0.4, -0.2) is 28.4 Å². The van der Waals surface area contributed by atoms with Crippen LogP contribution in [0.15, 0.2) is 35.1 Å². The number of amides is 1. The fourth-order valence-corrected chi connectivity index (χ4v) is 4.01. The first kappa shape index (κ1) is 16.4. The van der Waals surface area contributed by atoms with Crippen molar-refractivity contribution in [1.82, 2.24) is 9.88 Å². The summed E-state index contributed by atoms with van der Waals surface area (Å²) in [4.78, 5) is 30.4. The topological polar surface area (TPSA) is 53.2 Å². The van der Waals surface area contributed by atoms with E-state index in [1.165, 1.54) is 32.1 Å². The molecule has 1 aromatic heterocycles. The Morgan fingerprint density at radius 2 is 1.84 bits per heavy atom. The van der Waals surface area contributed by atoms with Crippen LogP contribution in [-0.2, 0) is 11.2 Å². The van der Waals surface area contributed by atoms with E-state index in [2.05, 4.69) is 9.88 Å². The van der Waals surface area contributed by atoms with Crippen molar-refractivity contribution in [2.24, 2.45) is 5.92 Å². The number of fused-ring (bicyclic) bond motifs is 1. The molecular weight excluding hydrogens is 312 g/mol. The number of rotatable bonds is 5. The second kappa shape index (κ2) is 7.03. The zero-order valence-electron chi connectivity index (χ0n) is 14.7. The second-order valence-electron chi connectivity index (χ2n) is 7.67. The summed E-state index contributed by atoms with van der Waals surface area (Å²) >= 11 is 0. The van der Waals surface area contributed by atoms with Gasteiger partial charge in [-0.25, -0.2) is 0 Å². The summed E-state index contributed by atoms with van der Waals surface area (Å²) in [5.74, 6) is 0.806. The Kier molecular flexibility index (Phi) is 4.60. The molecule has 1 aromatic carbocycles. The molecule has 132 valence electrons. The molecule has 0 atom stereocenters. The third-order valence-electron chi connectivity index (χ3n) is 5.66. The molecule has 4 heteroatoms. The van der Waals surface area contributed by atoms with Crippen molar-refractivity contribution in [3.05, 3.63) is 46.2 Å². The first-order valence-corrected chi connectivity index (χ1v) is 9.61. The lowest BCUT2D eigenvalue weighted by molar-refractivity contribution is -0.133. The molecule has 0 spiro atoms. The van der Waals surface area contributed by atoms with Gasteiger partial charge in [0.05, 0.1) is 6.42 Å². The van der Waals surface area contributed by atoms with E-state index in [-0.39, 0.29) is 17.9 Å². The van der Waals surface area contributed by atoms with E-state index in [0.717, 1.165) is 30.3 Å². The van der Waals surface area contributed by atoms with Gasteiger partial charge in [0.1, 0.15) is 0 Å². The normalized spacial score (nSPS) is 18.4. The van der Waals surface area contributed by atoms with Gasteiger partial charge < -0.3 is 9.88 Å². The first-order chi connectivity index (χ1) is 12.2. The lowest BCUT2D eigenvalue weighted by Crippen LogP contribution is -2.44. The Bertz CT molecular complexity index is 816. The largest absolute Gasteiger partial charge is 0.339 e.